The molecule has 0 aliphatic heterocycles. The van der Waals surface area contributed by atoms with Crippen LogP contribution in [0.2, 0.25) is 0 Å². The van der Waals surface area contributed by atoms with Crippen LogP contribution in [0.1, 0.15) is 55.5 Å². The third-order valence-corrected chi connectivity index (χ3v) is 5.61. The molecule has 0 radical (unpaired) electrons. The zero-order valence-corrected chi connectivity index (χ0v) is 17.7. The summed E-state index contributed by atoms with van der Waals surface area (Å²) in [4.78, 5) is 35.0. The van der Waals surface area contributed by atoms with Gasteiger partial charge in [-0.3, -0.25) is 9.59 Å². The van der Waals surface area contributed by atoms with E-state index >= 15 is 0 Å². The van der Waals surface area contributed by atoms with E-state index < -0.39 is 5.60 Å². The van der Waals surface area contributed by atoms with E-state index in [1.807, 2.05) is 38.1 Å². The van der Waals surface area contributed by atoms with Crippen molar-refractivity contribution >= 4 is 22.6 Å². The average Bonchev–Trinajstić information content (AvgIpc) is 3.20. The Morgan fingerprint density at radius 3 is 2.74 bits per heavy atom. The fourth-order valence-electron chi connectivity index (χ4n) is 4.00. The van der Waals surface area contributed by atoms with Gasteiger partial charge in [-0.1, -0.05) is 17.9 Å². The number of aliphatic hydroxyl groups is 1. The number of H-pyrrole nitrogens is 1. The van der Waals surface area contributed by atoms with Gasteiger partial charge < -0.3 is 15.0 Å². The standard InChI is InChI=1S/C25H25N3O3/c1-17(2)28(24(30)21-16-27-23-20(22(21)29)9-6-14-26-23)19-8-5-7-18(15-19)10-13-25(31)11-3-4-12-25/h5-9,14-17,31H,3-4,11-12H2,1-2H3,(H,26,27,29). The molecule has 1 saturated carbocycles. The van der Waals surface area contributed by atoms with Gasteiger partial charge in [0.2, 0.25) is 5.43 Å². The maximum absolute atomic E-state index is 13.4. The summed E-state index contributed by atoms with van der Waals surface area (Å²) in [6, 6.07) is 10.5. The summed E-state index contributed by atoms with van der Waals surface area (Å²) in [5.74, 6) is 5.67. The van der Waals surface area contributed by atoms with Crippen LogP contribution in [0.3, 0.4) is 0 Å². The second kappa shape index (κ2) is 8.37. The number of benzene rings is 1. The third kappa shape index (κ3) is 4.23. The van der Waals surface area contributed by atoms with Gasteiger partial charge in [-0.15, -0.1) is 0 Å². The smallest absolute Gasteiger partial charge is 0.263 e. The molecule has 0 bridgehead atoms. The van der Waals surface area contributed by atoms with Crippen LogP contribution in [0, 0.1) is 11.8 Å². The molecule has 0 saturated heterocycles. The van der Waals surface area contributed by atoms with E-state index in [2.05, 4.69) is 21.8 Å². The number of amides is 1. The van der Waals surface area contributed by atoms with Gasteiger partial charge in [-0.25, -0.2) is 4.98 Å². The van der Waals surface area contributed by atoms with Crippen LogP contribution in [-0.2, 0) is 0 Å². The predicted octanol–water partition coefficient (Wildman–Crippen LogP) is 3.63. The van der Waals surface area contributed by atoms with E-state index in [9.17, 15) is 14.7 Å². The number of rotatable bonds is 3. The van der Waals surface area contributed by atoms with Crippen LogP contribution in [0.5, 0.6) is 0 Å². The lowest BCUT2D eigenvalue weighted by molar-refractivity contribution is 0.0978. The van der Waals surface area contributed by atoms with Gasteiger partial charge in [0, 0.05) is 29.7 Å². The summed E-state index contributed by atoms with van der Waals surface area (Å²) in [5.41, 5.74) is 0.601. The zero-order valence-electron chi connectivity index (χ0n) is 17.7. The summed E-state index contributed by atoms with van der Waals surface area (Å²) in [7, 11) is 0. The third-order valence-electron chi connectivity index (χ3n) is 5.61. The molecule has 6 heteroatoms. The first-order valence-electron chi connectivity index (χ1n) is 10.5. The Kier molecular flexibility index (Phi) is 5.62. The summed E-state index contributed by atoms with van der Waals surface area (Å²) in [6.07, 6.45) is 6.36. The number of hydrogen-bond acceptors (Lipinski definition) is 4. The first kappa shape index (κ1) is 20.8. The molecule has 0 atom stereocenters. The Balaban J connectivity index is 1.70. The molecule has 6 nitrogen and oxygen atoms in total. The summed E-state index contributed by atoms with van der Waals surface area (Å²) < 4.78 is 0. The van der Waals surface area contributed by atoms with Gasteiger partial charge in [0.1, 0.15) is 16.8 Å². The van der Waals surface area contributed by atoms with Gasteiger partial charge in [0.25, 0.3) is 5.91 Å². The van der Waals surface area contributed by atoms with E-state index in [1.165, 1.54) is 6.20 Å². The molecule has 1 aromatic carbocycles. The molecule has 2 aromatic heterocycles. The molecular weight excluding hydrogens is 390 g/mol. The molecule has 0 spiro atoms. The van der Waals surface area contributed by atoms with Crippen molar-refractivity contribution in [3.05, 3.63) is 70.1 Å². The Morgan fingerprint density at radius 1 is 1.23 bits per heavy atom. The first-order chi connectivity index (χ1) is 14.9. The lowest BCUT2D eigenvalue weighted by Crippen LogP contribution is -2.39. The topological polar surface area (TPSA) is 86.3 Å². The van der Waals surface area contributed by atoms with Crippen molar-refractivity contribution in [1.29, 1.82) is 0 Å². The molecule has 0 unspecified atom stereocenters. The number of carbonyl (C=O) groups is 1. The Labute approximate surface area is 180 Å². The molecular formula is C25H25N3O3. The van der Waals surface area contributed by atoms with Crippen molar-refractivity contribution in [2.75, 3.05) is 4.90 Å². The highest BCUT2D eigenvalue weighted by Crippen LogP contribution is 2.29. The number of carbonyl (C=O) groups excluding carboxylic acids is 1. The first-order valence-corrected chi connectivity index (χ1v) is 10.5. The molecule has 1 aliphatic rings. The van der Waals surface area contributed by atoms with Crippen LogP contribution in [0.4, 0.5) is 5.69 Å². The van der Waals surface area contributed by atoms with Crippen molar-refractivity contribution in [2.45, 2.75) is 51.2 Å². The van der Waals surface area contributed by atoms with Crippen LogP contribution < -0.4 is 10.3 Å². The number of anilines is 1. The number of nitrogens with one attached hydrogen (secondary N) is 1. The van der Waals surface area contributed by atoms with Crippen LogP contribution in [0.25, 0.3) is 11.0 Å². The van der Waals surface area contributed by atoms with Crippen molar-refractivity contribution in [3.8, 4) is 11.8 Å². The predicted molar refractivity (Wildman–Crippen MR) is 121 cm³/mol. The minimum Gasteiger partial charge on any atom is -0.378 e. The normalized spacial score (nSPS) is 15.0. The van der Waals surface area contributed by atoms with Gasteiger partial charge in [0.15, 0.2) is 0 Å². The second-order valence-corrected chi connectivity index (χ2v) is 8.24. The molecule has 1 fully saturated rings. The lowest BCUT2D eigenvalue weighted by Gasteiger charge is -2.27. The molecule has 1 amide bonds. The van der Waals surface area contributed by atoms with Gasteiger partial charge in [-0.2, -0.15) is 0 Å². The van der Waals surface area contributed by atoms with Gasteiger partial charge in [0.05, 0.1) is 5.39 Å². The molecule has 3 aromatic rings. The fourth-order valence-corrected chi connectivity index (χ4v) is 4.00. The van der Waals surface area contributed by atoms with E-state index in [1.54, 1.807) is 23.2 Å². The number of nitrogens with zero attached hydrogens (tertiary/aromatic N) is 2. The molecule has 1 aliphatic carbocycles. The van der Waals surface area contributed by atoms with Crippen molar-refractivity contribution in [1.82, 2.24) is 9.97 Å². The number of aromatic nitrogens is 2. The van der Waals surface area contributed by atoms with E-state index in [0.717, 1.165) is 12.8 Å². The van der Waals surface area contributed by atoms with E-state index in [0.29, 0.717) is 35.1 Å². The highest BCUT2D eigenvalue weighted by molar-refractivity contribution is 6.07. The molecule has 158 valence electrons. The highest BCUT2D eigenvalue weighted by atomic mass is 16.3. The van der Waals surface area contributed by atoms with Crippen molar-refractivity contribution in [3.63, 3.8) is 0 Å². The second-order valence-electron chi connectivity index (χ2n) is 8.24. The lowest BCUT2D eigenvalue weighted by atomic mass is 10.0. The minimum absolute atomic E-state index is 0.0611. The Hall–Kier alpha value is -3.43. The summed E-state index contributed by atoms with van der Waals surface area (Å²) in [5, 5.41) is 10.9. The number of hydrogen-bond donors (Lipinski definition) is 2. The molecule has 31 heavy (non-hydrogen) atoms. The molecule has 4 rings (SSSR count). The van der Waals surface area contributed by atoms with Crippen LogP contribution in [0.15, 0.2) is 53.6 Å². The molecule has 2 heterocycles. The number of aromatic amines is 1. The zero-order chi connectivity index (χ0) is 22.0. The Morgan fingerprint density at radius 2 is 2.00 bits per heavy atom. The monoisotopic (exact) mass is 415 g/mol. The minimum atomic E-state index is -0.921. The van der Waals surface area contributed by atoms with E-state index in [-0.39, 0.29) is 22.9 Å². The summed E-state index contributed by atoms with van der Waals surface area (Å²) in [6.45, 7) is 3.79. The van der Waals surface area contributed by atoms with Gasteiger partial charge in [-0.05, 0) is 69.9 Å². The number of pyridine rings is 2. The van der Waals surface area contributed by atoms with Gasteiger partial charge >= 0.3 is 0 Å². The quantitative estimate of drug-likeness (QED) is 0.640. The average molecular weight is 415 g/mol. The van der Waals surface area contributed by atoms with Crippen molar-refractivity contribution in [2.24, 2.45) is 0 Å². The van der Waals surface area contributed by atoms with Crippen LogP contribution >= 0.6 is 0 Å². The van der Waals surface area contributed by atoms with Crippen LogP contribution in [-0.4, -0.2) is 32.6 Å². The summed E-state index contributed by atoms with van der Waals surface area (Å²) >= 11 is 0. The highest BCUT2D eigenvalue weighted by Gasteiger charge is 2.28. The Bertz CT molecular complexity index is 1240. The SMILES string of the molecule is CC(C)N(C(=O)c1c[nH]c2ncccc2c1=O)c1cccc(C#CC2(O)CCCC2)c1. The fraction of sp³-hybridized carbons (Fsp3) is 0.320. The number of fused-ring (bicyclic) bond motifs is 1. The van der Waals surface area contributed by atoms with E-state index in [4.69, 9.17) is 0 Å². The maximum atomic E-state index is 13.4. The van der Waals surface area contributed by atoms with Crippen molar-refractivity contribution < 1.29 is 9.90 Å². The largest absolute Gasteiger partial charge is 0.378 e. The maximum Gasteiger partial charge on any atom is 0.263 e. The molecule has 2 N–H and O–H groups in total.